The van der Waals surface area contributed by atoms with E-state index in [1.165, 1.54) is 31.9 Å². The lowest BCUT2D eigenvalue weighted by Crippen LogP contribution is -2.24. The van der Waals surface area contributed by atoms with Gasteiger partial charge in [0, 0.05) is 14.1 Å². The van der Waals surface area contributed by atoms with Crippen LogP contribution in [-0.4, -0.2) is 36.4 Å². The summed E-state index contributed by atoms with van der Waals surface area (Å²) < 4.78 is 32.8. The van der Waals surface area contributed by atoms with Gasteiger partial charge in [0.1, 0.15) is 5.76 Å². The molecule has 0 aliphatic heterocycles. The van der Waals surface area contributed by atoms with Gasteiger partial charge in [-0.2, -0.15) is 0 Å². The lowest BCUT2D eigenvalue weighted by Gasteiger charge is -2.13. The maximum Gasteiger partial charge on any atom is 0.275 e. The second-order valence-electron chi connectivity index (χ2n) is 7.09. The topological polar surface area (TPSA) is 85.4 Å². The van der Waals surface area contributed by atoms with Crippen LogP contribution < -0.4 is 5.56 Å². The molecule has 4 rings (SSSR count). The van der Waals surface area contributed by atoms with Gasteiger partial charge in [-0.05, 0) is 29.8 Å². The van der Waals surface area contributed by atoms with E-state index in [2.05, 4.69) is 4.98 Å². The fraction of sp³-hybridized carbons (Fsp3) is 0.182. The van der Waals surface area contributed by atoms with Crippen molar-refractivity contribution in [2.75, 3.05) is 14.1 Å². The zero-order valence-electron chi connectivity index (χ0n) is 17.1. The lowest BCUT2D eigenvalue weighted by molar-refractivity contribution is 0.408. The fourth-order valence-corrected chi connectivity index (χ4v) is 4.76. The number of furan rings is 1. The molecule has 0 radical (unpaired) electrons. The average molecular weight is 456 g/mol. The van der Waals surface area contributed by atoms with Gasteiger partial charge in [-0.15, -0.1) is 0 Å². The Kier molecular flexibility index (Phi) is 5.99. The van der Waals surface area contributed by atoms with Gasteiger partial charge in [-0.3, -0.25) is 9.36 Å². The highest BCUT2D eigenvalue weighted by atomic mass is 32.2. The van der Waals surface area contributed by atoms with E-state index < -0.39 is 10.0 Å². The van der Waals surface area contributed by atoms with E-state index in [1.807, 2.05) is 48.5 Å². The number of sulfonamides is 1. The summed E-state index contributed by atoms with van der Waals surface area (Å²) in [6, 6.07) is 20.0. The highest BCUT2D eigenvalue weighted by Crippen LogP contribution is 2.25. The number of aromatic nitrogens is 2. The first-order chi connectivity index (χ1) is 14.9. The second-order valence-corrected chi connectivity index (χ2v) is 10.1. The molecule has 2 aromatic heterocycles. The van der Waals surface area contributed by atoms with E-state index in [0.29, 0.717) is 34.1 Å². The van der Waals surface area contributed by atoms with Crippen molar-refractivity contribution in [1.82, 2.24) is 13.9 Å². The largest absolute Gasteiger partial charge is 0.447 e. The molecule has 0 spiro atoms. The molecule has 0 aliphatic carbocycles. The van der Waals surface area contributed by atoms with Gasteiger partial charge in [0.05, 0.1) is 23.2 Å². The third-order valence-electron chi connectivity index (χ3n) is 4.73. The molecule has 0 amide bonds. The number of nitrogens with zero attached hydrogens (tertiary/aromatic N) is 3. The summed E-state index contributed by atoms with van der Waals surface area (Å²) >= 11 is 1.33. The molecule has 31 heavy (non-hydrogen) atoms. The summed E-state index contributed by atoms with van der Waals surface area (Å²) in [7, 11) is -0.733. The Hall–Kier alpha value is -2.88. The Labute approximate surface area is 184 Å². The van der Waals surface area contributed by atoms with Crippen LogP contribution in [-0.2, 0) is 22.3 Å². The molecule has 7 nitrogen and oxygen atoms in total. The number of thioether (sulfide) groups is 1. The van der Waals surface area contributed by atoms with Crippen LogP contribution >= 0.6 is 11.8 Å². The van der Waals surface area contributed by atoms with Crippen LogP contribution in [0, 0.1) is 0 Å². The molecule has 0 atom stereocenters. The first-order valence-electron chi connectivity index (χ1n) is 9.54. The highest BCUT2D eigenvalue weighted by molar-refractivity contribution is 7.98. The van der Waals surface area contributed by atoms with Crippen molar-refractivity contribution in [1.29, 1.82) is 0 Å². The zero-order valence-corrected chi connectivity index (χ0v) is 18.7. The maximum atomic E-state index is 13.2. The van der Waals surface area contributed by atoms with Crippen molar-refractivity contribution >= 4 is 32.7 Å². The normalized spacial score (nSPS) is 12.0. The second kappa shape index (κ2) is 8.70. The third-order valence-corrected chi connectivity index (χ3v) is 7.41. The number of hydrogen-bond acceptors (Lipinski definition) is 6. The minimum atomic E-state index is -3.64. The Bertz CT molecular complexity index is 1380. The van der Waals surface area contributed by atoms with Gasteiger partial charge in [0.25, 0.3) is 15.6 Å². The Morgan fingerprint density at radius 3 is 2.45 bits per heavy atom. The number of para-hydroxylation sites is 1. The van der Waals surface area contributed by atoms with E-state index in [1.54, 1.807) is 16.7 Å². The van der Waals surface area contributed by atoms with Gasteiger partial charge >= 0.3 is 0 Å². The number of fused-ring (bicyclic) bond motifs is 1. The summed E-state index contributed by atoms with van der Waals surface area (Å²) in [6.45, 7) is 0.387. The fourth-order valence-electron chi connectivity index (χ4n) is 3.05. The van der Waals surface area contributed by atoms with Gasteiger partial charge in [-0.25, -0.2) is 17.7 Å². The lowest BCUT2D eigenvalue weighted by atomic mass is 10.2. The third kappa shape index (κ3) is 4.43. The predicted octanol–water partition coefficient (Wildman–Crippen LogP) is 3.58. The first-order valence-corrected chi connectivity index (χ1v) is 12.0. The zero-order chi connectivity index (χ0) is 22.0. The van der Waals surface area contributed by atoms with Gasteiger partial charge in [0.15, 0.2) is 5.16 Å². The van der Waals surface area contributed by atoms with E-state index in [9.17, 15) is 13.2 Å². The number of hydrogen-bond donors (Lipinski definition) is 0. The summed E-state index contributed by atoms with van der Waals surface area (Å²) in [5.41, 5.74) is 1.49. The van der Waals surface area contributed by atoms with E-state index in [-0.39, 0.29) is 10.7 Å². The van der Waals surface area contributed by atoms with Crippen molar-refractivity contribution in [3.63, 3.8) is 0 Å². The molecule has 0 aliphatic rings. The van der Waals surface area contributed by atoms with Crippen LogP contribution in [0.5, 0.6) is 0 Å². The van der Waals surface area contributed by atoms with Crippen molar-refractivity contribution in [2.45, 2.75) is 22.5 Å². The molecule has 0 bridgehead atoms. The van der Waals surface area contributed by atoms with Crippen molar-refractivity contribution < 1.29 is 12.8 Å². The molecular weight excluding hydrogens is 434 g/mol. The molecule has 2 aromatic carbocycles. The molecule has 0 saturated heterocycles. The average Bonchev–Trinajstić information content (AvgIpc) is 3.25. The number of rotatable bonds is 7. The van der Waals surface area contributed by atoms with Crippen LogP contribution in [0.2, 0.25) is 0 Å². The van der Waals surface area contributed by atoms with E-state index in [0.717, 1.165) is 9.87 Å². The minimum absolute atomic E-state index is 0.110. The number of benzene rings is 2. The van der Waals surface area contributed by atoms with Crippen LogP contribution in [0.25, 0.3) is 10.9 Å². The molecule has 0 fully saturated rings. The van der Waals surface area contributed by atoms with Gasteiger partial charge < -0.3 is 4.42 Å². The molecule has 9 heteroatoms. The maximum absolute atomic E-state index is 13.2. The van der Waals surface area contributed by atoms with E-state index in [4.69, 9.17) is 4.42 Å². The Balaban J connectivity index is 1.68. The Morgan fingerprint density at radius 1 is 1.00 bits per heavy atom. The van der Waals surface area contributed by atoms with E-state index >= 15 is 0 Å². The SMILES string of the molecule is CN(C)S(=O)(=O)c1ccc(CSc2nc3ccccc3c(=O)n2Cc2ccccc2)o1. The van der Waals surface area contributed by atoms with Gasteiger partial charge in [0.2, 0.25) is 5.09 Å². The minimum Gasteiger partial charge on any atom is -0.447 e. The van der Waals surface area contributed by atoms with Crippen molar-refractivity contribution in [2.24, 2.45) is 0 Å². The predicted molar refractivity (Wildman–Crippen MR) is 121 cm³/mol. The van der Waals surface area contributed by atoms with Crippen LogP contribution in [0.3, 0.4) is 0 Å². The molecule has 4 aromatic rings. The summed E-state index contributed by atoms with van der Waals surface area (Å²) in [5.74, 6) is 0.821. The summed E-state index contributed by atoms with van der Waals surface area (Å²) in [4.78, 5) is 17.9. The van der Waals surface area contributed by atoms with Crippen molar-refractivity contribution in [3.8, 4) is 0 Å². The molecule has 2 heterocycles. The van der Waals surface area contributed by atoms with Crippen LogP contribution in [0.4, 0.5) is 0 Å². The van der Waals surface area contributed by atoms with Crippen molar-refractivity contribution in [3.05, 3.63) is 88.4 Å². The Morgan fingerprint density at radius 2 is 1.71 bits per heavy atom. The summed E-state index contributed by atoms with van der Waals surface area (Å²) in [5, 5.41) is 0.988. The molecule has 0 N–H and O–H groups in total. The van der Waals surface area contributed by atoms with Crippen LogP contribution in [0.15, 0.2) is 86.2 Å². The molecule has 160 valence electrons. The first kappa shape index (κ1) is 21.4. The quantitative estimate of drug-likeness (QED) is 0.313. The summed E-state index contributed by atoms with van der Waals surface area (Å²) in [6.07, 6.45) is 0. The molecular formula is C22H21N3O4S2. The molecule has 0 unspecified atom stereocenters. The monoisotopic (exact) mass is 455 g/mol. The smallest absolute Gasteiger partial charge is 0.275 e. The van der Waals surface area contributed by atoms with Crippen LogP contribution in [0.1, 0.15) is 11.3 Å². The van der Waals surface area contributed by atoms with Gasteiger partial charge in [-0.1, -0.05) is 54.2 Å². The standard InChI is InChI=1S/C22H21N3O4S2/c1-24(2)31(27,28)20-13-12-17(29-20)15-30-22-23-19-11-7-6-10-18(19)21(26)25(22)14-16-8-4-3-5-9-16/h3-13H,14-15H2,1-2H3. The molecule has 0 saturated carbocycles. The highest BCUT2D eigenvalue weighted by Gasteiger charge is 2.22.